The Kier molecular flexibility index (Phi) is 3.86. The number of benzene rings is 1. The normalized spacial score (nSPS) is 18.2. The maximum Gasteiger partial charge on any atom is 0.310 e. The standard InChI is InChI=1S/C12H17F5OS2/c1-12(2,3)19(18)9-8-10-4-6-11(7-5-10)20(13,14,15,16)17/h4-7H,8-9H2,1-3H3. The average molecular weight is 336 g/mol. The van der Waals surface area contributed by atoms with Gasteiger partial charge in [-0.1, -0.05) is 31.6 Å². The summed E-state index contributed by atoms with van der Waals surface area (Å²) in [7, 11) is -10.7. The number of rotatable bonds is 4. The summed E-state index contributed by atoms with van der Waals surface area (Å²) in [4.78, 5) is -1.90. The van der Waals surface area contributed by atoms with Crippen molar-refractivity contribution < 1.29 is 23.6 Å². The minimum atomic E-state index is -9.59. The van der Waals surface area contributed by atoms with Gasteiger partial charge in [-0.15, -0.1) is 0 Å². The van der Waals surface area contributed by atoms with E-state index in [1.807, 2.05) is 0 Å². The fourth-order valence-electron chi connectivity index (χ4n) is 1.43. The molecule has 0 aliphatic carbocycles. The van der Waals surface area contributed by atoms with E-state index in [0.29, 0.717) is 17.7 Å². The van der Waals surface area contributed by atoms with Gasteiger partial charge >= 0.3 is 10.2 Å². The molecule has 0 aliphatic heterocycles. The van der Waals surface area contributed by atoms with Crippen molar-refractivity contribution >= 4 is 21.0 Å². The van der Waals surface area contributed by atoms with Crippen LogP contribution < -0.4 is 0 Å². The van der Waals surface area contributed by atoms with Crippen molar-refractivity contribution in [1.29, 1.82) is 0 Å². The van der Waals surface area contributed by atoms with Gasteiger partial charge in [0.25, 0.3) is 0 Å². The Balaban J connectivity index is 2.83. The molecule has 0 aliphatic rings. The average Bonchev–Trinajstić information content (AvgIpc) is 2.22. The van der Waals surface area contributed by atoms with Crippen molar-refractivity contribution in [2.75, 3.05) is 5.75 Å². The molecule has 1 atom stereocenters. The molecule has 0 amide bonds. The number of hydrogen-bond donors (Lipinski definition) is 0. The topological polar surface area (TPSA) is 17.1 Å². The highest BCUT2D eigenvalue weighted by Crippen LogP contribution is 3.02. The van der Waals surface area contributed by atoms with Crippen LogP contribution in [0.2, 0.25) is 0 Å². The van der Waals surface area contributed by atoms with E-state index in [0.717, 1.165) is 12.1 Å². The Morgan fingerprint density at radius 1 is 1.00 bits per heavy atom. The summed E-state index contributed by atoms with van der Waals surface area (Å²) in [6, 6.07) is 2.79. The third-order valence-corrected chi connectivity index (χ3v) is 5.73. The van der Waals surface area contributed by atoms with E-state index in [1.165, 1.54) is 0 Å². The Hall–Kier alpha value is -0.630. The van der Waals surface area contributed by atoms with Crippen LogP contribution in [0.1, 0.15) is 26.3 Å². The highest BCUT2D eigenvalue weighted by molar-refractivity contribution is 8.45. The van der Waals surface area contributed by atoms with E-state index < -0.39 is 30.7 Å². The predicted octanol–water partition coefficient (Wildman–Crippen LogP) is 5.43. The highest BCUT2D eigenvalue weighted by atomic mass is 32.5. The molecule has 1 aromatic rings. The number of aryl methyl sites for hydroxylation is 1. The van der Waals surface area contributed by atoms with E-state index in [4.69, 9.17) is 0 Å². The SMILES string of the molecule is CC(C)(C)S(=O)CCc1ccc(S(F)(F)(F)(F)F)cc1. The monoisotopic (exact) mass is 336 g/mol. The molecule has 0 saturated heterocycles. The molecule has 0 heterocycles. The molecule has 118 valence electrons. The lowest BCUT2D eigenvalue weighted by Gasteiger charge is -2.40. The molecule has 0 bridgehead atoms. The maximum absolute atomic E-state index is 12.5. The lowest BCUT2D eigenvalue weighted by atomic mass is 10.2. The molecule has 0 spiro atoms. The molecule has 1 aromatic carbocycles. The Morgan fingerprint density at radius 3 is 1.80 bits per heavy atom. The van der Waals surface area contributed by atoms with Crippen LogP contribution >= 0.6 is 10.2 Å². The maximum atomic E-state index is 12.5. The van der Waals surface area contributed by atoms with Crippen molar-refractivity contribution in [3.05, 3.63) is 29.8 Å². The molecule has 8 heteroatoms. The van der Waals surface area contributed by atoms with Gasteiger partial charge < -0.3 is 0 Å². The summed E-state index contributed by atoms with van der Waals surface area (Å²) in [6.45, 7) is 5.38. The molecule has 0 radical (unpaired) electrons. The smallest absolute Gasteiger partial charge is 0.259 e. The Morgan fingerprint density at radius 2 is 1.45 bits per heavy atom. The van der Waals surface area contributed by atoms with E-state index in [2.05, 4.69) is 0 Å². The summed E-state index contributed by atoms with van der Waals surface area (Å²) in [6.07, 6.45) is 0.282. The van der Waals surface area contributed by atoms with Crippen molar-refractivity contribution in [3.8, 4) is 0 Å². The summed E-state index contributed by atoms with van der Waals surface area (Å²) < 4.78 is 73.9. The second kappa shape index (κ2) is 4.43. The number of hydrogen-bond acceptors (Lipinski definition) is 1. The molecule has 0 aromatic heterocycles. The van der Waals surface area contributed by atoms with Crippen LogP contribution in [0.5, 0.6) is 0 Å². The molecular formula is C12H17F5OS2. The van der Waals surface area contributed by atoms with Gasteiger partial charge in [-0.2, -0.15) is 0 Å². The lowest BCUT2D eigenvalue weighted by molar-refractivity contribution is 0.364. The van der Waals surface area contributed by atoms with Gasteiger partial charge in [-0.05, 0) is 44.9 Å². The second-order valence-corrected chi connectivity index (χ2v) is 10.3. The number of halogens is 5. The molecule has 0 N–H and O–H groups in total. The van der Waals surface area contributed by atoms with Gasteiger partial charge in [0.1, 0.15) is 4.90 Å². The first-order chi connectivity index (χ1) is 8.59. The third kappa shape index (κ3) is 5.05. The van der Waals surface area contributed by atoms with E-state index in [9.17, 15) is 23.6 Å². The molecular weight excluding hydrogens is 319 g/mol. The van der Waals surface area contributed by atoms with Gasteiger partial charge in [0.2, 0.25) is 0 Å². The molecule has 0 fully saturated rings. The van der Waals surface area contributed by atoms with Crippen LogP contribution in [0.25, 0.3) is 0 Å². The summed E-state index contributed by atoms with van der Waals surface area (Å²) in [5.74, 6) is 0.277. The van der Waals surface area contributed by atoms with Gasteiger partial charge in [0.15, 0.2) is 0 Å². The third-order valence-electron chi connectivity index (χ3n) is 2.63. The largest absolute Gasteiger partial charge is 0.310 e. The van der Waals surface area contributed by atoms with Crippen molar-refractivity contribution in [2.24, 2.45) is 0 Å². The Labute approximate surface area is 117 Å². The van der Waals surface area contributed by atoms with Crippen LogP contribution in [0.3, 0.4) is 0 Å². The van der Waals surface area contributed by atoms with Crippen molar-refractivity contribution in [3.63, 3.8) is 0 Å². The van der Waals surface area contributed by atoms with Crippen LogP contribution in [-0.4, -0.2) is 14.7 Å². The van der Waals surface area contributed by atoms with Crippen LogP contribution in [0, 0.1) is 0 Å². The van der Waals surface area contributed by atoms with Crippen LogP contribution in [0.4, 0.5) is 19.4 Å². The highest BCUT2D eigenvalue weighted by Gasteiger charge is 2.65. The first kappa shape index (κ1) is 17.4. The quantitative estimate of drug-likeness (QED) is 0.670. The van der Waals surface area contributed by atoms with Gasteiger partial charge in [0.05, 0.1) is 0 Å². The van der Waals surface area contributed by atoms with E-state index >= 15 is 0 Å². The van der Waals surface area contributed by atoms with Crippen molar-refractivity contribution in [2.45, 2.75) is 36.8 Å². The lowest BCUT2D eigenvalue weighted by Crippen LogP contribution is -2.24. The van der Waals surface area contributed by atoms with Crippen LogP contribution in [-0.2, 0) is 17.2 Å². The predicted molar refractivity (Wildman–Crippen MR) is 74.3 cm³/mol. The summed E-state index contributed by atoms with van der Waals surface area (Å²) >= 11 is 0. The van der Waals surface area contributed by atoms with Crippen LogP contribution in [0.15, 0.2) is 29.2 Å². The van der Waals surface area contributed by atoms with Gasteiger partial charge in [-0.25, -0.2) is 0 Å². The van der Waals surface area contributed by atoms with E-state index in [1.54, 1.807) is 20.8 Å². The molecule has 0 saturated carbocycles. The molecule has 1 nitrogen and oxygen atoms in total. The zero-order valence-corrected chi connectivity index (χ0v) is 13.0. The zero-order chi connectivity index (χ0) is 15.9. The minimum Gasteiger partial charge on any atom is -0.259 e. The molecule has 1 rings (SSSR count). The summed E-state index contributed by atoms with van der Waals surface area (Å²) in [5.41, 5.74) is 0.452. The molecule has 1 unspecified atom stereocenters. The minimum absolute atomic E-state index is 0.277. The van der Waals surface area contributed by atoms with Gasteiger partial charge in [0, 0.05) is 21.3 Å². The Bertz CT molecular complexity index is 513. The fraction of sp³-hybridized carbons (Fsp3) is 0.500. The molecule has 20 heavy (non-hydrogen) atoms. The second-order valence-electron chi connectivity index (χ2n) is 5.52. The zero-order valence-electron chi connectivity index (χ0n) is 11.3. The first-order valence-corrected chi connectivity index (χ1v) is 9.08. The van der Waals surface area contributed by atoms with Gasteiger partial charge in [-0.3, -0.25) is 4.21 Å². The fourth-order valence-corrected chi connectivity index (χ4v) is 3.11. The van der Waals surface area contributed by atoms with E-state index in [-0.39, 0.29) is 12.2 Å². The summed E-state index contributed by atoms with van der Waals surface area (Å²) in [5, 5.41) is 0. The van der Waals surface area contributed by atoms with Crippen molar-refractivity contribution in [1.82, 2.24) is 0 Å². The first-order valence-electron chi connectivity index (χ1n) is 5.81.